The second-order valence-electron chi connectivity index (χ2n) is 7.78. The predicted molar refractivity (Wildman–Crippen MR) is 132 cm³/mol. The van der Waals surface area contributed by atoms with Gasteiger partial charge in [-0.1, -0.05) is 48.5 Å². The van der Waals surface area contributed by atoms with E-state index in [1.165, 1.54) is 13.2 Å². The van der Waals surface area contributed by atoms with Gasteiger partial charge in [0.2, 0.25) is 0 Å². The highest BCUT2D eigenvalue weighted by Gasteiger charge is 2.22. The van der Waals surface area contributed by atoms with Gasteiger partial charge in [-0.05, 0) is 30.7 Å². The number of aromatic nitrogens is 2. The summed E-state index contributed by atoms with van der Waals surface area (Å²) in [4.78, 5) is 21.2. The van der Waals surface area contributed by atoms with Gasteiger partial charge in [0, 0.05) is 21.4 Å². The van der Waals surface area contributed by atoms with Gasteiger partial charge in [-0.3, -0.25) is 19.6 Å². The highest BCUT2D eigenvalue weighted by molar-refractivity contribution is 7.92. The Kier molecular flexibility index (Phi) is 7.98. The SMILES string of the molecule is COc1cc(C(=O)CS(=O)(=O)c2ccccc2C)ccc1Cn1ncc2ccccc21.C[N+](=O)[O-]. The van der Waals surface area contributed by atoms with Gasteiger partial charge in [0.15, 0.2) is 22.7 Å². The second-order valence-corrected chi connectivity index (χ2v) is 9.73. The molecule has 1 aromatic heterocycles. The molecular formula is C25H25N3O6S. The summed E-state index contributed by atoms with van der Waals surface area (Å²) in [7, 11) is -1.32. The maximum absolute atomic E-state index is 12.8. The van der Waals surface area contributed by atoms with E-state index >= 15 is 0 Å². The Morgan fingerprint density at radius 1 is 1.09 bits per heavy atom. The highest BCUT2D eigenvalue weighted by atomic mass is 32.2. The minimum atomic E-state index is -3.74. The monoisotopic (exact) mass is 495 g/mol. The third-order valence-electron chi connectivity index (χ3n) is 5.23. The first-order chi connectivity index (χ1) is 16.6. The standard InChI is InChI=1S/C24H22N2O4S.CH3NO2/c1-17-7-3-6-10-24(17)31(28,29)16-22(27)18-11-12-20(23(13-18)30-2)15-26-21-9-5-4-8-19(21)14-25-26;1-2(3)4/h3-14H,15-16H2,1-2H3;1H3. The molecule has 4 aromatic rings. The summed E-state index contributed by atoms with van der Waals surface area (Å²) in [6.07, 6.45) is 1.80. The van der Waals surface area contributed by atoms with E-state index in [0.717, 1.165) is 23.5 Å². The predicted octanol–water partition coefficient (Wildman–Crippen LogP) is 3.95. The van der Waals surface area contributed by atoms with Crippen LogP contribution in [0, 0.1) is 17.0 Å². The number of ether oxygens (including phenoxy) is 1. The van der Waals surface area contributed by atoms with Crippen molar-refractivity contribution < 1.29 is 22.9 Å². The number of fused-ring (bicyclic) bond motifs is 1. The zero-order valence-electron chi connectivity index (χ0n) is 19.5. The average Bonchev–Trinajstić information content (AvgIpc) is 3.21. The summed E-state index contributed by atoms with van der Waals surface area (Å²) in [6, 6.07) is 19.6. The summed E-state index contributed by atoms with van der Waals surface area (Å²) in [6.45, 7) is 2.18. The number of nitro groups is 1. The lowest BCUT2D eigenvalue weighted by atomic mass is 10.1. The molecule has 0 unspecified atom stereocenters. The molecule has 1 heterocycles. The fourth-order valence-corrected chi connectivity index (χ4v) is 5.11. The summed E-state index contributed by atoms with van der Waals surface area (Å²) in [5.41, 5.74) is 2.75. The number of methoxy groups -OCH3 is 1. The van der Waals surface area contributed by atoms with Crippen molar-refractivity contribution in [2.75, 3.05) is 19.9 Å². The second kappa shape index (κ2) is 10.9. The van der Waals surface area contributed by atoms with Crippen LogP contribution in [-0.4, -0.2) is 48.8 Å². The molecule has 0 bridgehead atoms. The number of aryl methyl sites for hydroxylation is 1. The first-order valence-corrected chi connectivity index (χ1v) is 12.2. The van der Waals surface area contributed by atoms with Crippen LogP contribution < -0.4 is 4.74 Å². The van der Waals surface area contributed by atoms with E-state index in [9.17, 15) is 13.2 Å². The molecule has 0 atom stereocenters. The molecule has 0 aliphatic heterocycles. The minimum absolute atomic E-state index is 0.178. The highest BCUT2D eigenvalue weighted by Crippen LogP contribution is 2.24. The number of rotatable bonds is 7. The average molecular weight is 496 g/mol. The van der Waals surface area contributed by atoms with E-state index in [0.29, 0.717) is 23.4 Å². The van der Waals surface area contributed by atoms with Crippen LogP contribution in [0.3, 0.4) is 0 Å². The smallest absolute Gasteiger partial charge is 0.194 e. The Morgan fingerprint density at radius 2 is 1.74 bits per heavy atom. The zero-order chi connectivity index (χ0) is 25.6. The zero-order valence-corrected chi connectivity index (χ0v) is 20.4. The van der Waals surface area contributed by atoms with Crippen molar-refractivity contribution in [3.05, 3.63) is 99.7 Å². The largest absolute Gasteiger partial charge is 0.496 e. The van der Waals surface area contributed by atoms with E-state index in [1.807, 2.05) is 28.9 Å². The third-order valence-corrected chi connectivity index (χ3v) is 7.00. The molecule has 0 spiro atoms. The van der Waals surface area contributed by atoms with Gasteiger partial charge in [-0.2, -0.15) is 5.10 Å². The quantitative estimate of drug-likeness (QED) is 0.216. The molecule has 0 amide bonds. The van der Waals surface area contributed by atoms with Crippen LogP contribution in [-0.2, 0) is 16.4 Å². The number of para-hydroxylation sites is 1. The van der Waals surface area contributed by atoms with E-state index in [4.69, 9.17) is 14.9 Å². The molecule has 9 nitrogen and oxygen atoms in total. The van der Waals surface area contributed by atoms with Gasteiger partial charge in [-0.15, -0.1) is 0 Å². The Hall–Kier alpha value is -4.05. The lowest BCUT2D eigenvalue weighted by Crippen LogP contribution is -2.17. The van der Waals surface area contributed by atoms with E-state index in [2.05, 4.69) is 5.10 Å². The number of ketones is 1. The number of carbonyl (C=O) groups excluding carboxylic acids is 1. The number of Topliss-reactive ketones (excluding diaryl/α,β-unsaturated/α-hetero) is 1. The molecule has 0 saturated heterocycles. The molecule has 0 aliphatic carbocycles. The van der Waals surface area contributed by atoms with Gasteiger partial charge in [0.1, 0.15) is 11.5 Å². The van der Waals surface area contributed by atoms with Gasteiger partial charge >= 0.3 is 0 Å². The molecular weight excluding hydrogens is 470 g/mol. The summed E-state index contributed by atoms with van der Waals surface area (Å²) < 4.78 is 32.8. The first kappa shape index (κ1) is 25.6. The molecule has 10 heteroatoms. The molecule has 35 heavy (non-hydrogen) atoms. The Labute approximate surface area is 203 Å². The van der Waals surface area contributed by atoms with Gasteiger partial charge < -0.3 is 4.74 Å². The lowest BCUT2D eigenvalue weighted by Gasteiger charge is -2.12. The molecule has 0 radical (unpaired) electrons. The van der Waals surface area contributed by atoms with Crippen molar-refractivity contribution in [3.8, 4) is 5.75 Å². The van der Waals surface area contributed by atoms with E-state index in [1.54, 1.807) is 49.5 Å². The fraction of sp³-hybridized carbons (Fsp3) is 0.200. The topological polar surface area (TPSA) is 121 Å². The summed E-state index contributed by atoms with van der Waals surface area (Å²) >= 11 is 0. The Morgan fingerprint density at radius 3 is 2.43 bits per heavy atom. The Balaban J connectivity index is 0.000000795. The van der Waals surface area contributed by atoms with Crippen molar-refractivity contribution in [3.63, 3.8) is 0 Å². The van der Waals surface area contributed by atoms with E-state index in [-0.39, 0.29) is 4.90 Å². The van der Waals surface area contributed by atoms with Crippen molar-refractivity contribution in [2.45, 2.75) is 18.4 Å². The minimum Gasteiger partial charge on any atom is -0.496 e. The molecule has 0 N–H and O–H groups in total. The number of carbonyl (C=O) groups is 1. The number of hydrogen-bond acceptors (Lipinski definition) is 7. The van der Waals surface area contributed by atoms with Crippen LogP contribution in [0.15, 0.2) is 77.8 Å². The first-order valence-electron chi connectivity index (χ1n) is 10.6. The van der Waals surface area contributed by atoms with Crippen LogP contribution >= 0.6 is 0 Å². The van der Waals surface area contributed by atoms with Crippen molar-refractivity contribution in [1.29, 1.82) is 0 Å². The molecule has 3 aromatic carbocycles. The van der Waals surface area contributed by atoms with Crippen LogP contribution in [0.4, 0.5) is 0 Å². The number of nitrogens with zero attached hydrogens (tertiary/aromatic N) is 3. The fourth-order valence-electron chi connectivity index (χ4n) is 3.60. The lowest BCUT2D eigenvalue weighted by molar-refractivity contribution is -0.445. The number of hydrogen-bond donors (Lipinski definition) is 0. The van der Waals surface area contributed by atoms with E-state index < -0.39 is 26.3 Å². The van der Waals surface area contributed by atoms with Crippen molar-refractivity contribution in [2.24, 2.45) is 0 Å². The maximum Gasteiger partial charge on any atom is 0.194 e. The maximum atomic E-state index is 12.8. The van der Waals surface area contributed by atoms with Gasteiger partial charge in [0.05, 0.1) is 30.3 Å². The molecule has 0 saturated carbocycles. The summed E-state index contributed by atoms with van der Waals surface area (Å²) in [5.74, 6) is -0.555. The molecule has 0 aliphatic rings. The van der Waals surface area contributed by atoms with Gasteiger partial charge in [0.25, 0.3) is 0 Å². The molecule has 182 valence electrons. The van der Waals surface area contributed by atoms with Gasteiger partial charge in [-0.25, -0.2) is 8.42 Å². The van der Waals surface area contributed by atoms with Crippen LogP contribution in [0.1, 0.15) is 21.5 Å². The number of sulfone groups is 1. The summed E-state index contributed by atoms with van der Waals surface area (Å²) in [5, 5.41) is 14.3. The van der Waals surface area contributed by atoms with Crippen molar-refractivity contribution >= 4 is 26.5 Å². The third kappa shape index (κ3) is 6.30. The Bertz CT molecular complexity index is 1470. The van der Waals surface area contributed by atoms with Crippen LogP contribution in [0.5, 0.6) is 5.75 Å². The molecule has 4 rings (SSSR count). The van der Waals surface area contributed by atoms with Crippen LogP contribution in [0.25, 0.3) is 10.9 Å². The normalized spacial score (nSPS) is 10.9. The number of benzene rings is 3. The van der Waals surface area contributed by atoms with Crippen LogP contribution in [0.2, 0.25) is 0 Å². The van der Waals surface area contributed by atoms with Crippen molar-refractivity contribution in [1.82, 2.24) is 9.78 Å². The molecule has 0 fully saturated rings.